The Morgan fingerprint density at radius 1 is 1.04 bits per heavy atom. The van der Waals surface area contributed by atoms with Crippen molar-refractivity contribution in [3.63, 3.8) is 0 Å². The minimum Gasteiger partial charge on any atom is -0.323 e. The van der Waals surface area contributed by atoms with Crippen molar-refractivity contribution in [1.29, 1.82) is 0 Å². The Bertz CT molecular complexity index is 1120. The van der Waals surface area contributed by atoms with Gasteiger partial charge in [0.15, 0.2) is 0 Å². The number of amides is 1. The van der Waals surface area contributed by atoms with Crippen LogP contribution in [-0.4, -0.2) is 20.9 Å². The van der Waals surface area contributed by atoms with Gasteiger partial charge in [-0.05, 0) is 59.8 Å². The summed E-state index contributed by atoms with van der Waals surface area (Å²) in [5.41, 5.74) is 2.31. The van der Waals surface area contributed by atoms with Crippen LogP contribution in [0.1, 0.15) is 10.4 Å². The van der Waals surface area contributed by atoms with Gasteiger partial charge >= 0.3 is 0 Å². The summed E-state index contributed by atoms with van der Waals surface area (Å²) in [6.07, 6.45) is 3.90. The van der Waals surface area contributed by atoms with Gasteiger partial charge < -0.3 is 5.32 Å². The number of anilines is 2. The Balaban J connectivity index is 1.48. The molecular formula is C21H18N2O3S2. The fraction of sp³-hybridized carbons (Fsp3) is 0.0952. The molecule has 142 valence electrons. The number of sulfonamides is 1. The molecule has 2 heterocycles. The van der Waals surface area contributed by atoms with Crippen molar-refractivity contribution < 1.29 is 13.2 Å². The molecule has 7 heteroatoms. The maximum Gasteiger partial charge on any atom is 0.264 e. The number of carbonyl (C=O) groups excluding carboxylic acids is 1. The molecule has 0 unspecified atom stereocenters. The van der Waals surface area contributed by atoms with Crippen molar-refractivity contribution in [2.45, 2.75) is 11.3 Å². The van der Waals surface area contributed by atoms with Gasteiger partial charge in [0, 0.05) is 23.2 Å². The summed E-state index contributed by atoms with van der Waals surface area (Å²) in [4.78, 5) is 13.2. The lowest BCUT2D eigenvalue weighted by Gasteiger charge is -2.19. The second-order valence-corrected chi connectivity index (χ2v) is 9.16. The van der Waals surface area contributed by atoms with Crippen molar-refractivity contribution in [1.82, 2.24) is 0 Å². The van der Waals surface area contributed by atoms with E-state index in [9.17, 15) is 13.2 Å². The molecule has 0 spiro atoms. The number of hydrogen-bond acceptors (Lipinski definition) is 4. The lowest BCUT2D eigenvalue weighted by atomic mass is 10.2. The molecule has 0 saturated carbocycles. The fourth-order valence-electron chi connectivity index (χ4n) is 3.12. The second-order valence-electron chi connectivity index (χ2n) is 6.32. The number of para-hydroxylation sites is 1. The zero-order valence-corrected chi connectivity index (χ0v) is 16.5. The molecule has 1 N–H and O–H groups in total. The van der Waals surface area contributed by atoms with Crippen LogP contribution < -0.4 is 9.62 Å². The molecule has 1 amide bonds. The van der Waals surface area contributed by atoms with E-state index in [-0.39, 0.29) is 10.8 Å². The molecule has 0 radical (unpaired) electrons. The summed E-state index contributed by atoms with van der Waals surface area (Å²) in [5.74, 6) is -0.266. The van der Waals surface area contributed by atoms with Crippen molar-refractivity contribution in [2.75, 3.05) is 16.2 Å². The second kappa shape index (κ2) is 7.61. The Morgan fingerprint density at radius 2 is 1.82 bits per heavy atom. The van der Waals surface area contributed by atoms with Gasteiger partial charge in [-0.3, -0.25) is 9.10 Å². The highest BCUT2D eigenvalue weighted by Gasteiger charge is 2.30. The van der Waals surface area contributed by atoms with Gasteiger partial charge in [0.05, 0.1) is 10.6 Å². The van der Waals surface area contributed by atoms with E-state index < -0.39 is 10.0 Å². The number of nitrogens with one attached hydrogen (secondary N) is 1. The molecule has 28 heavy (non-hydrogen) atoms. The summed E-state index contributed by atoms with van der Waals surface area (Å²) in [7, 11) is -3.63. The van der Waals surface area contributed by atoms with E-state index in [2.05, 4.69) is 5.32 Å². The lowest BCUT2D eigenvalue weighted by Crippen LogP contribution is -2.29. The first-order valence-corrected chi connectivity index (χ1v) is 11.1. The molecule has 2 aromatic carbocycles. The summed E-state index contributed by atoms with van der Waals surface area (Å²) < 4.78 is 27.4. The molecular weight excluding hydrogens is 392 g/mol. The quantitative estimate of drug-likeness (QED) is 0.643. The van der Waals surface area contributed by atoms with Gasteiger partial charge in [0.25, 0.3) is 10.0 Å². The maximum absolute atomic E-state index is 13.0. The number of hydrogen-bond donors (Lipinski definition) is 1. The maximum atomic E-state index is 13.0. The highest BCUT2D eigenvalue weighted by molar-refractivity contribution is 7.92. The van der Waals surface area contributed by atoms with Crippen LogP contribution in [-0.2, 0) is 21.2 Å². The number of nitrogens with zero attached hydrogens (tertiary/aromatic N) is 1. The van der Waals surface area contributed by atoms with Crippen LogP contribution in [0.4, 0.5) is 11.4 Å². The number of rotatable bonds is 5. The molecule has 3 aromatic rings. The van der Waals surface area contributed by atoms with E-state index in [1.54, 1.807) is 29.5 Å². The minimum atomic E-state index is -3.63. The fourth-order valence-corrected chi connectivity index (χ4v) is 5.24. The van der Waals surface area contributed by atoms with Crippen molar-refractivity contribution >= 4 is 44.7 Å². The van der Waals surface area contributed by atoms with Gasteiger partial charge in [-0.2, -0.15) is 0 Å². The van der Waals surface area contributed by atoms with E-state index in [4.69, 9.17) is 0 Å². The van der Waals surface area contributed by atoms with Crippen LogP contribution in [0.2, 0.25) is 0 Å². The van der Waals surface area contributed by atoms with Crippen LogP contribution in [0, 0.1) is 0 Å². The first kappa shape index (κ1) is 18.5. The third kappa shape index (κ3) is 3.72. The van der Waals surface area contributed by atoms with Crippen LogP contribution >= 0.6 is 11.3 Å². The third-order valence-electron chi connectivity index (χ3n) is 4.50. The minimum absolute atomic E-state index is 0.205. The van der Waals surface area contributed by atoms with Crippen LogP contribution in [0.25, 0.3) is 6.08 Å². The van der Waals surface area contributed by atoms with E-state index in [0.29, 0.717) is 18.7 Å². The van der Waals surface area contributed by atoms with Gasteiger partial charge in [0.1, 0.15) is 0 Å². The van der Waals surface area contributed by atoms with E-state index in [1.807, 2.05) is 41.8 Å². The standard InChI is InChI=1S/C21H18N2O3S2/c24-21(12-9-18-5-3-15-27-18)22-17-7-10-19(11-8-17)28(25,26)23-14-13-16-4-1-2-6-20(16)23/h1-12,15H,13-14H2,(H,22,24)/b12-9+. The lowest BCUT2D eigenvalue weighted by molar-refractivity contribution is -0.111. The first-order chi connectivity index (χ1) is 13.5. The molecule has 1 aromatic heterocycles. The van der Waals surface area contributed by atoms with Crippen LogP contribution in [0.5, 0.6) is 0 Å². The largest absolute Gasteiger partial charge is 0.323 e. The monoisotopic (exact) mass is 410 g/mol. The Hall–Kier alpha value is -2.90. The number of thiophene rings is 1. The topological polar surface area (TPSA) is 66.5 Å². The number of benzene rings is 2. The molecule has 5 nitrogen and oxygen atoms in total. The molecule has 4 rings (SSSR count). The van der Waals surface area contributed by atoms with Crippen molar-refractivity contribution in [2.24, 2.45) is 0 Å². The summed E-state index contributed by atoms with van der Waals surface area (Å²) in [6, 6.07) is 17.6. The molecule has 0 atom stereocenters. The van der Waals surface area contributed by atoms with Crippen LogP contribution in [0.3, 0.4) is 0 Å². The normalized spacial score (nSPS) is 13.6. The highest BCUT2D eigenvalue weighted by atomic mass is 32.2. The molecule has 0 saturated heterocycles. The summed E-state index contributed by atoms with van der Waals surface area (Å²) in [6.45, 7) is 0.438. The van der Waals surface area contributed by atoms with Crippen molar-refractivity contribution in [3.05, 3.63) is 82.6 Å². The highest BCUT2D eigenvalue weighted by Crippen LogP contribution is 2.32. The van der Waals surface area contributed by atoms with Gasteiger partial charge in [-0.15, -0.1) is 11.3 Å². The van der Waals surface area contributed by atoms with Crippen molar-refractivity contribution in [3.8, 4) is 0 Å². The molecule has 1 aliphatic heterocycles. The number of carbonyl (C=O) groups is 1. The average Bonchev–Trinajstić information content (AvgIpc) is 3.37. The molecule has 0 aliphatic carbocycles. The Morgan fingerprint density at radius 3 is 2.57 bits per heavy atom. The smallest absolute Gasteiger partial charge is 0.264 e. The predicted octanol–water partition coefficient (Wildman–Crippen LogP) is 4.15. The van der Waals surface area contributed by atoms with E-state index in [1.165, 1.54) is 22.5 Å². The third-order valence-corrected chi connectivity index (χ3v) is 7.16. The number of fused-ring (bicyclic) bond motifs is 1. The molecule has 0 fully saturated rings. The summed E-state index contributed by atoms with van der Waals surface area (Å²) in [5, 5.41) is 4.68. The average molecular weight is 411 g/mol. The predicted molar refractivity (Wildman–Crippen MR) is 113 cm³/mol. The van der Waals surface area contributed by atoms with E-state index in [0.717, 1.165) is 16.1 Å². The van der Waals surface area contributed by atoms with E-state index >= 15 is 0 Å². The zero-order chi connectivity index (χ0) is 19.6. The van der Waals surface area contributed by atoms with Gasteiger partial charge in [-0.1, -0.05) is 24.3 Å². The SMILES string of the molecule is O=C(/C=C/c1cccs1)Nc1ccc(S(=O)(=O)N2CCc3ccccc32)cc1. The molecule has 0 bridgehead atoms. The summed E-state index contributed by atoms with van der Waals surface area (Å²) >= 11 is 1.54. The van der Waals surface area contributed by atoms with Gasteiger partial charge in [0.2, 0.25) is 5.91 Å². The Kier molecular flexibility index (Phi) is 5.02. The van der Waals surface area contributed by atoms with Crippen LogP contribution in [0.15, 0.2) is 77.0 Å². The zero-order valence-electron chi connectivity index (χ0n) is 14.9. The first-order valence-electron chi connectivity index (χ1n) is 8.77. The Labute approximate surface area is 168 Å². The molecule has 1 aliphatic rings. The van der Waals surface area contributed by atoms with Gasteiger partial charge in [-0.25, -0.2) is 8.42 Å².